The highest BCUT2D eigenvalue weighted by molar-refractivity contribution is 7.86. The molecular formula is C12H15NO5S. The minimum Gasteiger partial charge on any atom is -0.282 e. The van der Waals surface area contributed by atoms with Crippen molar-refractivity contribution in [3.05, 3.63) is 33.9 Å². The van der Waals surface area contributed by atoms with Gasteiger partial charge in [0.1, 0.15) is 0 Å². The molecule has 1 aromatic carbocycles. The molecule has 1 aromatic rings. The third-order valence-corrected chi connectivity index (χ3v) is 4.42. The van der Waals surface area contributed by atoms with Crippen LogP contribution >= 0.6 is 0 Å². The summed E-state index contributed by atoms with van der Waals surface area (Å²) in [7, 11) is -4.58. The number of para-hydroxylation sites is 1. The van der Waals surface area contributed by atoms with Crippen LogP contribution in [-0.2, 0) is 10.1 Å². The lowest BCUT2D eigenvalue weighted by Gasteiger charge is -2.22. The van der Waals surface area contributed by atoms with E-state index in [1.165, 1.54) is 6.07 Å². The van der Waals surface area contributed by atoms with E-state index in [0.29, 0.717) is 5.56 Å². The van der Waals surface area contributed by atoms with Gasteiger partial charge >= 0.3 is 10.1 Å². The first-order chi connectivity index (χ1) is 8.91. The Labute approximate surface area is 111 Å². The van der Waals surface area contributed by atoms with Crippen LogP contribution < -0.4 is 0 Å². The van der Waals surface area contributed by atoms with Crippen LogP contribution in [0.25, 0.3) is 0 Å². The van der Waals surface area contributed by atoms with Crippen molar-refractivity contribution in [3.8, 4) is 0 Å². The molecule has 2 rings (SSSR count). The Kier molecular flexibility index (Phi) is 3.86. The summed E-state index contributed by atoms with van der Waals surface area (Å²) >= 11 is 0. The van der Waals surface area contributed by atoms with E-state index in [1.807, 2.05) is 0 Å². The highest BCUT2D eigenvalue weighted by Gasteiger charge is 2.31. The molecule has 0 unspecified atom stereocenters. The molecule has 6 nitrogen and oxygen atoms in total. The van der Waals surface area contributed by atoms with Crippen LogP contribution in [0.15, 0.2) is 23.1 Å². The molecule has 0 saturated heterocycles. The molecule has 0 radical (unpaired) electrons. The first kappa shape index (κ1) is 14.0. The fourth-order valence-corrected chi connectivity index (χ4v) is 3.37. The van der Waals surface area contributed by atoms with E-state index < -0.39 is 25.6 Å². The van der Waals surface area contributed by atoms with Gasteiger partial charge in [0.25, 0.3) is 5.69 Å². The predicted molar refractivity (Wildman–Crippen MR) is 68.7 cm³/mol. The third-order valence-electron chi connectivity index (χ3n) is 3.54. The topological polar surface area (TPSA) is 97.5 Å². The Hall–Kier alpha value is -1.47. The van der Waals surface area contributed by atoms with Gasteiger partial charge < -0.3 is 0 Å². The summed E-state index contributed by atoms with van der Waals surface area (Å²) in [5, 5.41) is 11.2. The summed E-state index contributed by atoms with van der Waals surface area (Å²) in [5.41, 5.74) is -0.0586. The first-order valence-electron chi connectivity index (χ1n) is 6.16. The number of benzene rings is 1. The van der Waals surface area contributed by atoms with Crippen LogP contribution in [0.5, 0.6) is 0 Å². The van der Waals surface area contributed by atoms with Gasteiger partial charge in [0, 0.05) is 5.56 Å². The van der Waals surface area contributed by atoms with Crippen LogP contribution in [0.2, 0.25) is 0 Å². The van der Waals surface area contributed by atoms with Crippen LogP contribution in [0.4, 0.5) is 5.69 Å². The minimum atomic E-state index is -4.58. The lowest BCUT2D eigenvalue weighted by molar-refractivity contribution is -0.388. The van der Waals surface area contributed by atoms with Gasteiger partial charge in [-0.25, -0.2) is 0 Å². The zero-order valence-corrected chi connectivity index (χ0v) is 11.1. The van der Waals surface area contributed by atoms with Crippen molar-refractivity contribution in [1.29, 1.82) is 0 Å². The normalized spacial score (nSPS) is 17.3. The Bertz CT molecular complexity index is 590. The molecular weight excluding hydrogens is 270 g/mol. The molecule has 1 N–H and O–H groups in total. The maximum Gasteiger partial charge on any atom is 0.301 e. The number of hydrogen-bond donors (Lipinski definition) is 1. The second kappa shape index (κ2) is 5.26. The predicted octanol–water partition coefficient (Wildman–Crippen LogP) is 2.89. The smallest absolute Gasteiger partial charge is 0.282 e. The van der Waals surface area contributed by atoms with Crippen LogP contribution in [0, 0.1) is 10.1 Å². The van der Waals surface area contributed by atoms with Crippen molar-refractivity contribution >= 4 is 15.8 Å². The Morgan fingerprint density at radius 3 is 2.37 bits per heavy atom. The second-order valence-corrected chi connectivity index (χ2v) is 6.15. The molecule has 0 bridgehead atoms. The molecule has 0 aliphatic heterocycles. The van der Waals surface area contributed by atoms with Crippen LogP contribution in [0.3, 0.4) is 0 Å². The zero-order chi connectivity index (χ0) is 14.0. The van der Waals surface area contributed by atoms with E-state index in [1.54, 1.807) is 6.07 Å². The molecule has 7 heteroatoms. The fourth-order valence-electron chi connectivity index (χ4n) is 2.69. The number of rotatable bonds is 3. The van der Waals surface area contributed by atoms with Crippen molar-refractivity contribution in [3.63, 3.8) is 0 Å². The van der Waals surface area contributed by atoms with Gasteiger partial charge in [-0.2, -0.15) is 8.42 Å². The lowest BCUT2D eigenvalue weighted by Crippen LogP contribution is -2.11. The standard InChI is InChI=1S/C12H15NO5S/c14-13(15)12-10(9-5-2-1-3-6-9)7-4-8-11(12)19(16,17)18/h4,7-9H,1-3,5-6H2,(H,16,17,18). The van der Waals surface area contributed by atoms with E-state index >= 15 is 0 Å². The summed E-state index contributed by atoms with van der Waals surface area (Å²) in [6.45, 7) is 0. The van der Waals surface area contributed by atoms with Gasteiger partial charge in [-0.05, 0) is 24.8 Å². The van der Waals surface area contributed by atoms with Crippen LogP contribution in [0.1, 0.15) is 43.6 Å². The highest BCUT2D eigenvalue weighted by Crippen LogP contribution is 2.39. The Morgan fingerprint density at radius 1 is 1.21 bits per heavy atom. The molecule has 1 aliphatic rings. The Balaban J connectivity index is 2.57. The molecule has 0 amide bonds. The summed E-state index contributed by atoms with van der Waals surface area (Å²) in [4.78, 5) is 9.84. The average molecular weight is 285 g/mol. The maximum absolute atomic E-state index is 11.2. The highest BCUT2D eigenvalue weighted by atomic mass is 32.2. The number of hydrogen-bond acceptors (Lipinski definition) is 4. The van der Waals surface area contributed by atoms with Gasteiger partial charge in [-0.15, -0.1) is 0 Å². The summed E-state index contributed by atoms with van der Waals surface area (Å²) in [5.74, 6) is -0.00384. The van der Waals surface area contributed by atoms with Crippen molar-refractivity contribution in [2.45, 2.75) is 42.9 Å². The molecule has 0 heterocycles. The molecule has 1 fully saturated rings. The SMILES string of the molecule is O=[N+]([O-])c1c(C2CCCCC2)cccc1S(=O)(=O)O. The van der Waals surface area contributed by atoms with Gasteiger partial charge in [0.2, 0.25) is 0 Å². The molecule has 19 heavy (non-hydrogen) atoms. The van der Waals surface area contributed by atoms with Crippen molar-refractivity contribution in [2.75, 3.05) is 0 Å². The van der Waals surface area contributed by atoms with E-state index in [4.69, 9.17) is 4.55 Å². The van der Waals surface area contributed by atoms with Gasteiger partial charge in [-0.3, -0.25) is 14.7 Å². The van der Waals surface area contributed by atoms with Crippen molar-refractivity contribution in [1.82, 2.24) is 0 Å². The van der Waals surface area contributed by atoms with E-state index in [-0.39, 0.29) is 5.92 Å². The lowest BCUT2D eigenvalue weighted by atomic mass is 9.83. The van der Waals surface area contributed by atoms with Crippen molar-refractivity contribution in [2.24, 2.45) is 0 Å². The maximum atomic E-state index is 11.2. The quantitative estimate of drug-likeness (QED) is 0.523. The van der Waals surface area contributed by atoms with E-state index in [0.717, 1.165) is 38.2 Å². The summed E-state index contributed by atoms with van der Waals surface area (Å²) < 4.78 is 31.6. The molecule has 0 aromatic heterocycles. The molecule has 104 valence electrons. The molecule has 0 spiro atoms. The fraction of sp³-hybridized carbons (Fsp3) is 0.500. The van der Waals surface area contributed by atoms with Crippen molar-refractivity contribution < 1.29 is 17.9 Å². The molecule has 1 aliphatic carbocycles. The van der Waals surface area contributed by atoms with Gasteiger partial charge in [0.15, 0.2) is 4.90 Å². The molecule has 0 atom stereocenters. The zero-order valence-electron chi connectivity index (χ0n) is 10.3. The number of nitro benzene ring substituents is 1. The monoisotopic (exact) mass is 285 g/mol. The number of nitro groups is 1. The summed E-state index contributed by atoms with van der Waals surface area (Å²) in [6.07, 6.45) is 4.70. The molecule has 1 saturated carbocycles. The summed E-state index contributed by atoms with van der Waals surface area (Å²) in [6, 6.07) is 4.10. The minimum absolute atomic E-state index is 0.00384. The Morgan fingerprint density at radius 2 is 1.84 bits per heavy atom. The van der Waals surface area contributed by atoms with E-state index in [9.17, 15) is 18.5 Å². The third kappa shape index (κ3) is 2.93. The van der Waals surface area contributed by atoms with Gasteiger partial charge in [-0.1, -0.05) is 31.4 Å². The second-order valence-electron chi connectivity index (χ2n) is 4.76. The first-order valence-corrected chi connectivity index (χ1v) is 7.60. The van der Waals surface area contributed by atoms with Gasteiger partial charge in [0.05, 0.1) is 4.92 Å². The average Bonchev–Trinajstić information content (AvgIpc) is 2.37. The largest absolute Gasteiger partial charge is 0.301 e. The van der Waals surface area contributed by atoms with Crippen LogP contribution in [-0.4, -0.2) is 17.9 Å². The van der Waals surface area contributed by atoms with E-state index in [2.05, 4.69) is 0 Å². The number of nitrogens with zero attached hydrogens (tertiary/aromatic N) is 1.